The van der Waals surface area contributed by atoms with Crippen LogP contribution in [0.4, 0.5) is 17.6 Å². The number of halogens is 5. The van der Waals surface area contributed by atoms with Crippen molar-refractivity contribution in [3.05, 3.63) is 34.6 Å². The van der Waals surface area contributed by atoms with Gasteiger partial charge in [0, 0.05) is 18.1 Å². The maximum absolute atomic E-state index is 12.9. The minimum absolute atomic E-state index is 0.0331. The van der Waals surface area contributed by atoms with Crippen molar-refractivity contribution in [2.24, 2.45) is 0 Å². The summed E-state index contributed by atoms with van der Waals surface area (Å²) in [5, 5.41) is 13.5. The highest BCUT2D eigenvalue weighted by atomic mass is 35.5. The molecule has 1 fully saturated rings. The first kappa shape index (κ1) is 21.2. The normalized spacial score (nSPS) is 17.8. The second-order valence-electron chi connectivity index (χ2n) is 5.26. The van der Waals surface area contributed by atoms with E-state index < -0.39 is 12.1 Å². The topological polar surface area (TPSA) is 78.4 Å². The molecule has 1 aliphatic heterocycles. The number of carbonyl (C=O) groups excluding carboxylic acids is 1. The third kappa shape index (κ3) is 7.70. The van der Waals surface area contributed by atoms with Gasteiger partial charge in [-0.25, -0.2) is 9.18 Å². The van der Waals surface area contributed by atoms with Crippen molar-refractivity contribution in [1.29, 1.82) is 0 Å². The lowest BCUT2D eigenvalue weighted by Gasteiger charge is -2.15. The molecule has 25 heavy (non-hydrogen) atoms. The van der Waals surface area contributed by atoms with Crippen LogP contribution >= 0.6 is 11.6 Å². The van der Waals surface area contributed by atoms with E-state index in [1.807, 2.05) is 0 Å². The van der Waals surface area contributed by atoms with Crippen molar-refractivity contribution in [1.82, 2.24) is 10.6 Å². The maximum atomic E-state index is 12.9. The molecule has 1 saturated heterocycles. The van der Waals surface area contributed by atoms with Gasteiger partial charge in [-0.2, -0.15) is 13.2 Å². The molecule has 1 amide bonds. The van der Waals surface area contributed by atoms with Gasteiger partial charge in [-0.1, -0.05) is 17.7 Å². The van der Waals surface area contributed by atoms with Crippen LogP contribution < -0.4 is 10.6 Å². The lowest BCUT2D eigenvalue weighted by atomic mass is 10.1. The van der Waals surface area contributed by atoms with Gasteiger partial charge < -0.3 is 15.7 Å². The van der Waals surface area contributed by atoms with E-state index in [1.165, 1.54) is 12.1 Å². The summed E-state index contributed by atoms with van der Waals surface area (Å²) in [7, 11) is 0. The van der Waals surface area contributed by atoms with Crippen LogP contribution in [0.1, 0.15) is 24.8 Å². The number of hydrogen-bond donors (Lipinski definition) is 3. The van der Waals surface area contributed by atoms with Crippen LogP contribution in [-0.4, -0.2) is 35.7 Å². The van der Waals surface area contributed by atoms with Crippen molar-refractivity contribution in [3.63, 3.8) is 0 Å². The molecule has 0 radical (unpaired) electrons. The molecular weight excluding hydrogens is 368 g/mol. The molecule has 1 aromatic carbocycles. The number of carboxylic acids is 1. The molecule has 0 spiro atoms. The molecule has 0 aliphatic carbocycles. The van der Waals surface area contributed by atoms with Crippen molar-refractivity contribution < 1.29 is 32.3 Å². The fourth-order valence-electron chi connectivity index (χ4n) is 2.03. The van der Waals surface area contributed by atoms with Gasteiger partial charge in [0.25, 0.3) is 0 Å². The van der Waals surface area contributed by atoms with Crippen molar-refractivity contribution >= 4 is 23.5 Å². The summed E-state index contributed by atoms with van der Waals surface area (Å²) in [4.78, 5) is 20.6. The number of hydrogen-bond acceptors (Lipinski definition) is 3. The van der Waals surface area contributed by atoms with Gasteiger partial charge in [-0.3, -0.25) is 4.79 Å². The molecular formula is C15H17ClF4N2O3. The molecule has 5 nitrogen and oxygen atoms in total. The smallest absolute Gasteiger partial charge is 0.475 e. The van der Waals surface area contributed by atoms with Crippen LogP contribution in [0.25, 0.3) is 0 Å². The highest BCUT2D eigenvalue weighted by molar-refractivity contribution is 6.31. The quantitative estimate of drug-likeness (QED) is 0.700. The van der Waals surface area contributed by atoms with E-state index in [2.05, 4.69) is 10.6 Å². The molecule has 1 heterocycles. The summed E-state index contributed by atoms with van der Waals surface area (Å²) in [6.07, 6.45) is -2.22. The van der Waals surface area contributed by atoms with Gasteiger partial charge in [-0.05, 0) is 37.0 Å². The summed E-state index contributed by atoms with van der Waals surface area (Å²) >= 11 is 5.94. The monoisotopic (exact) mass is 384 g/mol. The molecule has 1 aromatic rings. The summed E-state index contributed by atoms with van der Waals surface area (Å²) in [6.45, 7) is 1.21. The Hall–Kier alpha value is -1.87. The average Bonchev–Trinajstić information content (AvgIpc) is 2.71. The second kappa shape index (κ2) is 9.57. The number of rotatable bonds is 3. The van der Waals surface area contributed by atoms with Crippen molar-refractivity contribution in [2.75, 3.05) is 6.54 Å². The summed E-state index contributed by atoms with van der Waals surface area (Å²) < 4.78 is 44.6. The van der Waals surface area contributed by atoms with E-state index in [0.717, 1.165) is 31.4 Å². The lowest BCUT2D eigenvalue weighted by Crippen LogP contribution is -2.42. The number of alkyl halides is 3. The molecule has 1 aliphatic rings. The van der Waals surface area contributed by atoms with Gasteiger partial charge in [0.15, 0.2) is 0 Å². The zero-order valence-corrected chi connectivity index (χ0v) is 13.8. The number of benzene rings is 1. The summed E-state index contributed by atoms with van der Waals surface area (Å²) in [5.41, 5.74) is 0.801. The van der Waals surface area contributed by atoms with E-state index in [1.54, 1.807) is 6.07 Å². The maximum Gasteiger partial charge on any atom is 0.490 e. The second-order valence-corrected chi connectivity index (χ2v) is 5.67. The molecule has 0 aromatic heterocycles. The molecule has 1 unspecified atom stereocenters. The van der Waals surface area contributed by atoms with Gasteiger partial charge in [0.2, 0.25) is 5.91 Å². The number of nitrogens with one attached hydrogen (secondary N) is 2. The first-order valence-electron chi connectivity index (χ1n) is 7.36. The average molecular weight is 385 g/mol. The summed E-state index contributed by atoms with van der Waals surface area (Å²) in [6, 6.07) is 4.11. The molecule has 0 bridgehead atoms. The van der Waals surface area contributed by atoms with Crippen LogP contribution in [0.5, 0.6) is 0 Å². The van der Waals surface area contributed by atoms with Crippen molar-refractivity contribution in [2.45, 2.75) is 38.0 Å². The number of carbonyl (C=O) groups is 2. The molecule has 0 saturated carbocycles. The highest BCUT2D eigenvalue weighted by Crippen LogP contribution is 2.17. The minimum atomic E-state index is -5.08. The number of carboxylic acid groups (broad SMARTS) is 1. The SMILES string of the molecule is O=C(O)C(F)(F)F.O=C1NCCCCC1NCc1ccc(F)cc1Cl. The minimum Gasteiger partial charge on any atom is -0.475 e. The van der Waals surface area contributed by atoms with E-state index in [9.17, 15) is 22.4 Å². The van der Waals surface area contributed by atoms with Crippen molar-refractivity contribution in [3.8, 4) is 0 Å². The van der Waals surface area contributed by atoms with Crippen LogP contribution in [0.3, 0.4) is 0 Å². The Bertz CT molecular complexity index is 611. The predicted octanol–water partition coefficient (Wildman–Crippen LogP) is 2.87. The van der Waals surface area contributed by atoms with Crippen LogP contribution in [0.15, 0.2) is 18.2 Å². The summed E-state index contributed by atoms with van der Waals surface area (Å²) in [5.74, 6) is -3.07. The van der Waals surface area contributed by atoms with E-state index in [0.29, 0.717) is 11.6 Å². The third-order valence-corrected chi connectivity index (χ3v) is 3.68. The Morgan fingerprint density at radius 3 is 2.56 bits per heavy atom. The Labute approximate surface area is 146 Å². The largest absolute Gasteiger partial charge is 0.490 e. The Morgan fingerprint density at radius 2 is 2.00 bits per heavy atom. The predicted molar refractivity (Wildman–Crippen MR) is 82.6 cm³/mol. The zero-order valence-electron chi connectivity index (χ0n) is 13.0. The fourth-order valence-corrected chi connectivity index (χ4v) is 2.27. The molecule has 3 N–H and O–H groups in total. The number of aliphatic carboxylic acids is 1. The molecule has 140 valence electrons. The first-order valence-corrected chi connectivity index (χ1v) is 7.74. The molecule has 10 heteroatoms. The van der Waals surface area contributed by atoms with Crippen LogP contribution in [-0.2, 0) is 16.1 Å². The molecule has 1 atom stereocenters. The van der Waals surface area contributed by atoms with Crippen LogP contribution in [0.2, 0.25) is 5.02 Å². The molecule has 2 rings (SSSR count). The Balaban J connectivity index is 0.000000381. The van der Waals surface area contributed by atoms with Gasteiger partial charge in [0.05, 0.1) is 6.04 Å². The van der Waals surface area contributed by atoms with Gasteiger partial charge in [0.1, 0.15) is 5.82 Å². The number of amides is 1. The van der Waals surface area contributed by atoms with E-state index in [4.69, 9.17) is 21.5 Å². The zero-order chi connectivity index (χ0) is 19.0. The van der Waals surface area contributed by atoms with Gasteiger partial charge >= 0.3 is 12.1 Å². The van der Waals surface area contributed by atoms with E-state index >= 15 is 0 Å². The van der Waals surface area contributed by atoms with Crippen LogP contribution in [0, 0.1) is 5.82 Å². The standard InChI is InChI=1S/C13H16ClFN2O.C2HF3O2/c14-11-7-10(15)5-4-9(11)8-17-12-3-1-2-6-16-13(12)18;3-2(4,5)1(6)7/h4-5,7,12,17H,1-3,6,8H2,(H,16,18);(H,6,7). The Kier molecular flexibility index (Phi) is 8.11. The highest BCUT2D eigenvalue weighted by Gasteiger charge is 2.38. The lowest BCUT2D eigenvalue weighted by molar-refractivity contribution is -0.192. The van der Waals surface area contributed by atoms with Gasteiger partial charge in [-0.15, -0.1) is 0 Å². The third-order valence-electron chi connectivity index (χ3n) is 3.33. The van der Waals surface area contributed by atoms with E-state index in [-0.39, 0.29) is 17.8 Å². The first-order chi connectivity index (χ1) is 11.6. The fraction of sp³-hybridized carbons (Fsp3) is 0.467. The Morgan fingerprint density at radius 1 is 1.36 bits per heavy atom.